The summed E-state index contributed by atoms with van der Waals surface area (Å²) >= 11 is 0. The quantitative estimate of drug-likeness (QED) is 0.118. The second-order valence-electron chi connectivity index (χ2n) is 6.60. The maximum atomic E-state index is 12.9. The summed E-state index contributed by atoms with van der Waals surface area (Å²) in [5, 5.41) is 42.1. The number of hydrogen-bond donors (Lipinski definition) is 4. The Balaban J connectivity index is 2.30. The number of phenols is 4. The Labute approximate surface area is 178 Å². The topological polar surface area (TPSA) is 124 Å². The van der Waals surface area contributed by atoms with E-state index in [0.29, 0.717) is 12.0 Å². The highest BCUT2D eigenvalue weighted by atomic mass is 16.5. The van der Waals surface area contributed by atoms with Crippen molar-refractivity contribution in [3.05, 3.63) is 77.9 Å². The van der Waals surface area contributed by atoms with Crippen LogP contribution in [0.4, 0.5) is 0 Å². The fourth-order valence-corrected chi connectivity index (χ4v) is 3.31. The number of esters is 1. The maximum Gasteiger partial charge on any atom is 0.335 e. The molecule has 7 nitrogen and oxygen atoms in total. The van der Waals surface area contributed by atoms with Crippen molar-refractivity contribution in [3.63, 3.8) is 0 Å². The van der Waals surface area contributed by atoms with Gasteiger partial charge in [0.15, 0.2) is 11.5 Å². The summed E-state index contributed by atoms with van der Waals surface area (Å²) in [5.74, 6) is -4.73. The van der Waals surface area contributed by atoms with Crippen molar-refractivity contribution in [1.82, 2.24) is 0 Å². The summed E-state index contributed by atoms with van der Waals surface area (Å²) in [5.41, 5.74) is -0.0423. The number of benzene rings is 3. The highest BCUT2D eigenvalue weighted by Gasteiger charge is 2.30. The van der Waals surface area contributed by atoms with E-state index in [2.05, 4.69) is 6.58 Å². The molecule has 0 saturated carbocycles. The van der Waals surface area contributed by atoms with E-state index in [1.54, 1.807) is 25.1 Å². The molecule has 0 atom stereocenters. The number of aromatic hydroxyl groups is 4. The van der Waals surface area contributed by atoms with Gasteiger partial charge in [-0.1, -0.05) is 56.0 Å². The largest absolute Gasteiger partial charge is 0.506 e. The fourth-order valence-electron chi connectivity index (χ4n) is 3.31. The first-order chi connectivity index (χ1) is 14.8. The zero-order valence-corrected chi connectivity index (χ0v) is 16.6. The minimum Gasteiger partial charge on any atom is -0.506 e. The van der Waals surface area contributed by atoms with Crippen LogP contribution in [0.2, 0.25) is 0 Å². The molecule has 0 aliphatic heterocycles. The Bertz CT molecular complexity index is 1180. The van der Waals surface area contributed by atoms with Crippen LogP contribution in [0, 0.1) is 0 Å². The van der Waals surface area contributed by atoms with Crippen molar-refractivity contribution in [3.8, 4) is 39.9 Å². The molecule has 0 fully saturated rings. The molecule has 0 amide bonds. The van der Waals surface area contributed by atoms with Gasteiger partial charge in [0.1, 0.15) is 17.1 Å². The maximum absolute atomic E-state index is 12.9. The molecule has 0 aliphatic rings. The van der Waals surface area contributed by atoms with Gasteiger partial charge in [0.25, 0.3) is 0 Å². The number of carbonyl (C=O) groups is 2. The molecular formula is C24H20O7. The Morgan fingerprint density at radius 2 is 1.58 bits per heavy atom. The van der Waals surface area contributed by atoms with Crippen molar-refractivity contribution in [1.29, 1.82) is 0 Å². The van der Waals surface area contributed by atoms with Gasteiger partial charge in [-0.05, 0) is 18.1 Å². The number of rotatable bonds is 6. The van der Waals surface area contributed by atoms with Gasteiger partial charge in [0.2, 0.25) is 11.5 Å². The van der Waals surface area contributed by atoms with Crippen LogP contribution in [0.5, 0.6) is 28.7 Å². The number of ether oxygens (including phenoxy) is 1. The van der Waals surface area contributed by atoms with Crippen molar-refractivity contribution >= 4 is 11.8 Å². The smallest absolute Gasteiger partial charge is 0.335 e. The van der Waals surface area contributed by atoms with Gasteiger partial charge in [-0.15, -0.1) is 0 Å². The second-order valence-corrected chi connectivity index (χ2v) is 6.60. The number of ketones is 1. The van der Waals surface area contributed by atoms with Crippen LogP contribution in [0.3, 0.4) is 0 Å². The van der Waals surface area contributed by atoms with Crippen LogP contribution in [0.1, 0.15) is 28.4 Å². The summed E-state index contributed by atoms with van der Waals surface area (Å²) < 4.78 is 5.23. The number of hydrogen-bond acceptors (Lipinski definition) is 7. The molecule has 0 saturated heterocycles. The van der Waals surface area contributed by atoms with Gasteiger partial charge < -0.3 is 25.2 Å². The Morgan fingerprint density at radius 3 is 2.19 bits per heavy atom. The summed E-state index contributed by atoms with van der Waals surface area (Å²) in [7, 11) is 0. The summed E-state index contributed by atoms with van der Waals surface area (Å²) in [6, 6.07) is 12.4. The third-order valence-corrected chi connectivity index (χ3v) is 4.79. The molecule has 7 heteroatoms. The number of carbonyl (C=O) groups excluding carboxylic acids is 2. The minimum atomic E-state index is -0.956. The minimum absolute atomic E-state index is 0.159. The predicted molar refractivity (Wildman–Crippen MR) is 114 cm³/mol. The van der Waals surface area contributed by atoms with Gasteiger partial charge in [-0.3, -0.25) is 4.79 Å². The first-order valence-corrected chi connectivity index (χ1v) is 9.37. The number of phenolic OH excluding ortho intramolecular Hbond substituents is 4. The molecule has 0 bridgehead atoms. The normalized spacial score (nSPS) is 10.5. The van der Waals surface area contributed by atoms with Gasteiger partial charge >= 0.3 is 5.97 Å². The highest BCUT2D eigenvalue weighted by Crippen LogP contribution is 2.53. The van der Waals surface area contributed by atoms with Crippen LogP contribution in [-0.4, -0.2) is 32.2 Å². The Kier molecular flexibility index (Phi) is 5.97. The molecule has 31 heavy (non-hydrogen) atoms. The van der Waals surface area contributed by atoms with E-state index >= 15 is 0 Å². The van der Waals surface area contributed by atoms with Crippen molar-refractivity contribution < 1.29 is 34.8 Å². The summed E-state index contributed by atoms with van der Waals surface area (Å²) in [6.45, 7) is 5.11. The predicted octanol–water partition coefficient (Wildman–Crippen LogP) is 4.06. The van der Waals surface area contributed by atoms with Gasteiger partial charge in [0, 0.05) is 17.2 Å². The lowest BCUT2D eigenvalue weighted by Gasteiger charge is -2.18. The second kappa shape index (κ2) is 8.62. The van der Waals surface area contributed by atoms with Gasteiger partial charge in [-0.2, -0.15) is 0 Å². The molecule has 0 spiro atoms. The zero-order chi connectivity index (χ0) is 22.7. The van der Waals surface area contributed by atoms with E-state index in [1.165, 1.54) is 30.3 Å². The molecule has 0 aliphatic carbocycles. The molecular weight excluding hydrogens is 400 g/mol. The fraction of sp³-hybridized carbons (Fsp3) is 0.0833. The van der Waals surface area contributed by atoms with E-state index in [4.69, 9.17) is 4.74 Å². The molecule has 0 radical (unpaired) electrons. The van der Waals surface area contributed by atoms with E-state index < -0.39 is 40.3 Å². The van der Waals surface area contributed by atoms with E-state index in [9.17, 15) is 30.0 Å². The van der Waals surface area contributed by atoms with Gasteiger partial charge in [0.05, 0.1) is 5.56 Å². The van der Waals surface area contributed by atoms with Crippen molar-refractivity contribution in [2.75, 3.05) is 0 Å². The molecule has 158 valence electrons. The Hall–Kier alpha value is -4.26. The van der Waals surface area contributed by atoms with Crippen molar-refractivity contribution in [2.24, 2.45) is 0 Å². The summed E-state index contributed by atoms with van der Waals surface area (Å²) in [6.07, 6.45) is 1.31. The first kappa shape index (κ1) is 21.4. The molecule has 3 aromatic rings. The molecule has 3 rings (SSSR count). The lowest BCUT2D eigenvalue weighted by molar-refractivity contribution is -0.129. The average molecular weight is 420 g/mol. The lowest BCUT2D eigenvalue weighted by Crippen LogP contribution is -2.07. The third kappa shape index (κ3) is 3.81. The van der Waals surface area contributed by atoms with Gasteiger partial charge in [-0.25, -0.2) is 4.79 Å². The third-order valence-electron chi connectivity index (χ3n) is 4.79. The van der Waals surface area contributed by atoms with E-state index in [-0.39, 0.29) is 22.4 Å². The van der Waals surface area contributed by atoms with E-state index in [0.717, 1.165) is 6.08 Å². The zero-order valence-electron chi connectivity index (χ0n) is 16.6. The monoisotopic (exact) mass is 420 g/mol. The van der Waals surface area contributed by atoms with Crippen LogP contribution in [0.25, 0.3) is 11.1 Å². The first-order valence-electron chi connectivity index (χ1n) is 9.37. The van der Waals surface area contributed by atoms with Crippen LogP contribution in [-0.2, 0) is 11.2 Å². The summed E-state index contributed by atoms with van der Waals surface area (Å²) in [4.78, 5) is 24.6. The van der Waals surface area contributed by atoms with E-state index in [1.807, 2.05) is 0 Å². The molecule has 0 heterocycles. The van der Waals surface area contributed by atoms with Crippen LogP contribution < -0.4 is 4.74 Å². The van der Waals surface area contributed by atoms with Crippen molar-refractivity contribution in [2.45, 2.75) is 13.3 Å². The highest BCUT2D eigenvalue weighted by molar-refractivity contribution is 6.14. The molecule has 3 aromatic carbocycles. The van der Waals surface area contributed by atoms with Crippen LogP contribution in [0.15, 0.2) is 61.2 Å². The average Bonchev–Trinajstić information content (AvgIpc) is 2.78. The van der Waals surface area contributed by atoms with Crippen LogP contribution >= 0.6 is 0 Å². The Morgan fingerprint density at radius 1 is 0.903 bits per heavy atom. The molecule has 0 aromatic heterocycles. The standard InChI is InChI=1S/C24H20O7/c1-3-14-15(11-8-12-16(14)31-17(25)4-2)18-21(27)19(23(29)24(30)22(18)28)20(26)13-9-6-5-7-10-13/h4-12,27-30H,2-3H2,1H3. The molecule has 0 unspecified atom stereocenters. The molecule has 4 N–H and O–H groups in total. The lowest BCUT2D eigenvalue weighted by atomic mass is 9.91. The SMILES string of the molecule is C=CC(=O)Oc1cccc(-c2c(O)c(O)c(O)c(C(=O)c3ccccc3)c2O)c1CC.